The third-order valence-corrected chi connectivity index (χ3v) is 4.29. The van der Waals surface area contributed by atoms with E-state index in [1.807, 2.05) is 60.7 Å². The van der Waals surface area contributed by atoms with E-state index in [0.29, 0.717) is 10.9 Å². The lowest BCUT2D eigenvalue weighted by Gasteiger charge is -2.13. The highest BCUT2D eigenvalue weighted by atomic mass is 31.1. The molecule has 1 N–H and O–H groups in total. The molecule has 0 atom stereocenters. The topological polar surface area (TPSA) is 54.4 Å². The van der Waals surface area contributed by atoms with Gasteiger partial charge in [0.2, 0.25) is 0 Å². The molecular formula is C19H13O3P. The van der Waals surface area contributed by atoms with Crippen molar-refractivity contribution in [2.24, 2.45) is 0 Å². The first-order chi connectivity index (χ1) is 11.2. The molecule has 0 aromatic heterocycles. The highest BCUT2D eigenvalue weighted by Gasteiger charge is 2.20. The lowest BCUT2D eigenvalue weighted by atomic mass is 9.94. The quantitative estimate of drug-likeness (QED) is 0.713. The van der Waals surface area contributed by atoms with Crippen LogP contribution < -0.4 is 5.30 Å². The van der Waals surface area contributed by atoms with Crippen LogP contribution in [0.2, 0.25) is 0 Å². The Morgan fingerprint density at radius 1 is 0.783 bits per heavy atom. The summed E-state index contributed by atoms with van der Waals surface area (Å²) in [4.78, 5) is 11.6. The van der Waals surface area contributed by atoms with E-state index in [0.717, 1.165) is 16.7 Å². The number of benzene rings is 3. The van der Waals surface area contributed by atoms with Crippen molar-refractivity contribution in [1.29, 1.82) is 0 Å². The van der Waals surface area contributed by atoms with Crippen LogP contribution in [0.15, 0.2) is 72.8 Å². The Balaban J connectivity index is 2.35. The minimum absolute atomic E-state index is 0.147. The van der Waals surface area contributed by atoms with Gasteiger partial charge in [-0.3, -0.25) is 4.57 Å². The maximum atomic E-state index is 11.9. The standard InChI is InChI=1S/C19H13O3P/c20-19(21)16-12-11-15(13-7-3-1-4-8-13)18(23-22)17(16)14-9-5-2-6-10-14/h1-12H,(H,20,21). The van der Waals surface area contributed by atoms with Gasteiger partial charge in [0.15, 0.2) is 8.46 Å². The van der Waals surface area contributed by atoms with Gasteiger partial charge in [-0.05, 0) is 22.8 Å². The number of carbonyl (C=O) groups is 1. The van der Waals surface area contributed by atoms with Crippen LogP contribution >= 0.6 is 8.46 Å². The molecule has 23 heavy (non-hydrogen) atoms. The molecule has 3 rings (SSSR count). The smallest absolute Gasteiger partial charge is 0.336 e. The Labute approximate surface area is 135 Å². The summed E-state index contributed by atoms with van der Waals surface area (Å²) in [7, 11) is -0.208. The second-order valence-electron chi connectivity index (χ2n) is 5.01. The van der Waals surface area contributed by atoms with E-state index in [2.05, 4.69) is 0 Å². The highest BCUT2D eigenvalue weighted by Crippen LogP contribution is 2.30. The summed E-state index contributed by atoms with van der Waals surface area (Å²) >= 11 is 0. The second kappa shape index (κ2) is 6.55. The highest BCUT2D eigenvalue weighted by molar-refractivity contribution is 7.35. The van der Waals surface area contributed by atoms with Gasteiger partial charge in [-0.25, -0.2) is 4.79 Å². The van der Waals surface area contributed by atoms with E-state index < -0.39 is 5.97 Å². The van der Waals surface area contributed by atoms with Crippen LogP contribution in [0, 0.1) is 0 Å². The number of hydrogen-bond acceptors (Lipinski definition) is 2. The fraction of sp³-hybridized carbons (Fsp3) is 0. The molecule has 0 radical (unpaired) electrons. The van der Waals surface area contributed by atoms with Gasteiger partial charge in [-0.1, -0.05) is 66.7 Å². The van der Waals surface area contributed by atoms with E-state index in [1.165, 1.54) is 0 Å². The average molecular weight is 320 g/mol. The molecule has 3 aromatic carbocycles. The molecule has 3 aromatic rings. The van der Waals surface area contributed by atoms with Gasteiger partial charge in [0.1, 0.15) is 0 Å². The van der Waals surface area contributed by atoms with Crippen LogP contribution in [-0.2, 0) is 4.57 Å². The van der Waals surface area contributed by atoms with Gasteiger partial charge in [-0.15, -0.1) is 0 Å². The fourth-order valence-corrected chi connectivity index (χ4v) is 3.25. The Morgan fingerprint density at radius 3 is 1.87 bits per heavy atom. The third kappa shape index (κ3) is 2.92. The molecule has 0 bridgehead atoms. The van der Waals surface area contributed by atoms with Crippen LogP contribution in [0.25, 0.3) is 22.3 Å². The van der Waals surface area contributed by atoms with Gasteiger partial charge in [0, 0.05) is 5.56 Å². The van der Waals surface area contributed by atoms with Gasteiger partial charge in [0.05, 0.1) is 10.9 Å². The number of hydrogen-bond donors (Lipinski definition) is 1. The average Bonchev–Trinajstić information content (AvgIpc) is 2.61. The predicted molar refractivity (Wildman–Crippen MR) is 91.5 cm³/mol. The van der Waals surface area contributed by atoms with Crippen molar-refractivity contribution in [2.75, 3.05) is 0 Å². The molecule has 0 unspecified atom stereocenters. The second-order valence-corrected chi connectivity index (χ2v) is 5.64. The first kappa shape index (κ1) is 15.1. The van der Waals surface area contributed by atoms with Crippen molar-refractivity contribution >= 4 is 19.7 Å². The van der Waals surface area contributed by atoms with Crippen LogP contribution in [0.5, 0.6) is 0 Å². The van der Waals surface area contributed by atoms with E-state index in [9.17, 15) is 14.5 Å². The molecule has 0 amide bonds. The zero-order valence-electron chi connectivity index (χ0n) is 12.1. The van der Waals surface area contributed by atoms with E-state index in [1.54, 1.807) is 12.1 Å². The fourth-order valence-electron chi connectivity index (χ4n) is 2.61. The SMILES string of the molecule is O=Pc1c(-c2ccccc2)ccc(C(=O)O)c1-c1ccccc1. The Hall–Kier alpha value is -2.77. The number of aromatic carboxylic acids is 1. The summed E-state index contributed by atoms with van der Waals surface area (Å²) in [5, 5.41) is 9.99. The minimum atomic E-state index is -1.03. The zero-order valence-corrected chi connectivity index (χ0v) is 13.0. The summed E-state index contributed by atoms with van der Waals surface area (Å²) in [6.45, 7) is 0. The van der Waals surface area contributed by atoms with Crippen molar-refractivity contribution in [3.05, 3.63) is 78.4 Å². The van der Waals surface area contributed by atoms with E-state index >= 15 is 0 Å². The zero-order chi connectivity index (χ0) is 16.2. The molecule has 4 heteroatoms. The monoisotopic (exact) mass is 320 g/mol. The van der Waals surface area contributed by atoms with Crippen molar-refractivity contribution in [3.8, 4) is 22.3 Å². The summed E-state index contributed by atoms with van der Waals surface area (Å²) in [6, 6.07) is 22.0. The maximum absolute atomic E-state index is 11.9. The molecule has 0 saturated carbocycles. The number of carboxylic acids is 1. The minimum Gasteiger partial charge on any atom is -0.478 e. The van der Waals surface area contributed by atoms with Crippen LogP contribution in [-0.4, -0.2) is 11.1 Å². The van der Waals surface area contributed by atoms with Crippen LogP contribution in [0.4, 0.5) is 0 Å². The van der Waals surface area contributed by atoms with E-state index in [-0.39, 0.29) is 14.0 Å². The van der Waals surface area contributed by atoms with Crippen LogP contribution in [0.1, 0.15) is 10.4 Å². The Kier molecular flexibility index (Phi) is 4.31. The number of carboxylic acid groups (broad SMARTS) is 1. The van der Waals surface area contributed by atoms with Crippen molar-refractivity contribution in [1.82, 2.24) is 0 Å². The van der Waals surface area contributed by atoms with Crippen LogP contribution in [0.3, 0.4) is 0 Å². The van der Waals surface area contributed by atoms with Crippen molar-refractivity contribution in [3.63, 3.8) is 0 Å². The molecular weight excluding hydrogens is 307 g/mol. The van der Waals surface area contributed by atoms with Crippen molar-refractivity contribution < 1.29 is 14.5 Å². The first-order valence-electron chi connectivity index (χ1n) is 7.07. The van der Waals surface area contributed by atoms with Gasteiger partial charge >= 0.3 is 5.97 Å². The lowest BCUT2D eigenvalue weighted by Crippen LogP contribution is -2.10. The molecule has 0 aliphatic rings. The number of rotatable bonds is 4. The first-order valence-corrected chi connectivity index (χ1v) is 7.88. The predicted octanol–water partition coefficient (Wildman–Crippen LogP) is 4.64. The van der Waals surface area contributed by atoms with Gasteiger partial charge in [-0.2, -0.15) is 0 Å². The largest absolute Gasteiger partial charge is 0.478 e. The maximum Gasteiger partial charge on any atom is 0.336 e. The molecule has 0 fully saturated rings. The summed E-state index contributed by atoms with van der Waals surface area (Å²) < 4.78 is 11.9. The molecule has 3 nitrogen and oxygen atoms in total. The summed E-state index contributed by atoms with van der Waals surface area (Å²) in [6.07, 6.45) is 0. The molecule has 0 aliphatic carbocycles. The van der Waals surface area contributed by atoms with E-state index in [4.69, 9.17) is 0 Å². The lowest BCUT2D eigenvalue weighted by molar-refractivity contribution is 0.0698. The third-order valence-electron chi connectivity index (χ3n) is 3.65. The normalized spacial score (nSPS) is 10.6. The molecule has 0 spiro atoms. The molecule has 0 aliphatic heterocycles. The molecule has 0 saturated heterocycles. The molecule has 112 valence electrons. The van der Waals surface area contributed by atoms with Gasteiger partial charge in [0.25, 0.3) is 0 Å². The summed E-state index contributed by atoms with van der Waals surface area (Å²) in [5.41, 5.74) is 3.05. The Bertz CT molecular complexity index is 859. The summed E-state index contributed by atoms with van der Waals surface area (Å²) in [5.74, 6) is -1.03. The van der Waals surface area contributed by atoms with Crippen molar-refractivity contribution in [2.45, 2.75) is 0 Å². The van der Waals surface area contributed by atoms with Gasteiger partial charge < -0.3 is 5.11 Å². The Morgan fingerprint density at radius 2 is 1.35 bits per heavy atom. The molecule has 0 heterocycles.